The van der Waals surface area contributed by atoms with Crippen LogP contribution in [-0.2, 0) is 6.54 Å². The fraction of sp³-hybridized carbons (Fsp3) is 0.350. The van der Waals surface area contributed by atoms with Crippen LogP contribution < -0.4 is 0 Å². The molecule has 1 heterocycles. The molecule has 0 amide bonds. The number of halogens is 2. The monoisotopic (exact) mass is 391 g/mol. The van der Waals surface area contributed by atoms with Gasteiger partial charge in [0.1, 0.15) is 5.82 Å². The lowest BCUT2D eigenvalue weighted by molar-refractivity contribution is 0.0925. The van der Waals surface area contributed by atoms with E-state index in [1.165, 1.54) is 17.7 Å². The Kier molecular flexibility index (Phi) is 7.13. The van der Waals surface area contributed by atoms with Crippen LogP contribution in [0, 0.1) is 11.7 Å². The number of hydrogen-bond acceptors (Lipinski definition) is 2. The number of carbonyl (C=O) groups excluding carboxylic acids is 1. The zero-order valence-electron chi connectivity index (χ0n) is 13.7. The van der Waals surface area contributed by atoms with Crippen molar-refractivity contribution in [2.24, 2.45) is 5.92 Å². The van der Waals surface area contributed by atoms with Gasteiger partial charge in [0.25, 0.3) is 0 Å². The van der Waals surface area contributed by atoms with E-state index in [1.54, 1.807) is 12.1 Å². The fourth-order valence-corrected chi connectivity index (χ4v) is 3.21. The molecule has 4 heteroatoms. The van der Waals surface area contributed by atoms with Crippen molar-refractivity contribution < 1.29 is 9.18 Å². The Bertz CT molecular complexity index is 636. The van der Waals surface area contributed by atoms with Gasteiger partial charge in [0.15, 0.2) is 5.78 Å². The van der Waals surface area contributed by atoms with E-state index in [-0.39, 0.29) is 28.6 Å². The molecule has 0 aromatic heterocycles. The summed E-state index contributed by atoms with van der Waals surface area (Å²) in [5.41, 5.74) is 1.96. The Morgan fingerprint density at radius 2 is 1.62 bits per heavy atom. The van der Waals surface area contributed by atoms with Crippen molar-refractivity contribution in [1.29, 1.82) is 0 Å². The maximum atomic E-state index is 12.9. The third-order valence-corrected chi connectivity index (χ3v) is 4.60. The lowest BCUT2D eigenvalue weighted by Gasteiger charge is -2.31. The van der Waals surface area contributed by atoms with Gasteiger partial charge in [-0.05, 0) is 61.7 Å². The number of ketones is 1. The largest absolute Gasteiger partial charge is 0.299 e. The molecule has 24 heavy (non-hydrogen) atoms. The molecule has 1 fully saturated rings. The third-order valence-electron chi connectivity index (χ3n) is 4.60. The molecule has 0 radical (unpaired) electrons. The van der Waals surface area contributed by atoms with Crippen LogP contribution in [-0.4, -0.2) is 23.8 Å². The first-order valence-electron chi connectivity index (χ1n) is 8.26. The highest BCUT2D eigenvalue weighted by Crippen LogP contribution is 2.23. The van der Waals surface area contributed by atoms with Crippen molar-refractivity contribution >= 4 is 22.8 Å². The van der Waals surface area contributed by atoms with E-state index in [0.29, 0.717) is 17.9 Å². The molecule has 0 aliphatic carbocycles. The van der Waals surface area contributed by atoms with Crippen molar-refractivity contribution in [2.75, 3.05) is 13.1 Å². The van der Waals surface area contributed by atoms with Gasteiger partial charge in [0.05, 0.1) is 0 Å². The van der Waals surface area contributed by atoms with E-state index < -0.39 is 0 Å². The summed E-state index contributed by atoms with van der Waals surface area (Å²) in [6.45, 7) is 3.06. The fourth-order valence-electron chi connectivity index (χ4n) is 3.21. The highest BCUT2D eigenvalue weighted by molar-refractivity contribution is 8.93. The SMILES string of the molecule is Br.O=C(CC1CCN(Cc2ccccc2)CC1)c1ccc(F)cc1. The van der Waals surface area contributed by atoms with Gasteiger partial charge >= 0.3 is 0 Å². The van der Waals surface area contributed by atoms with E-state index in [2.05, 4.69) is 29.2 Å². The van der Waals surface area contributed by atoms with Crippen LogP contribution in [0.1, 0.15) is 35.2 Å². The predicted molar refractivity (Wildman–Crippen MR) is 100 cm³/mol. The Morgan fingerprint density at radius 3 is 2.25 bits per heavy atom. The standard InChI is InChI=1S/C20H22FNO.BrH/c21-19-8-6-18(7-9-19)20(23)14-16-10-12-22(13-11-16)15-17-4-2-1-3-5-17;/h1-9,16H,10-15H2;1H. The number of piperidine rings is 1. The van der Waals surface area contributed by atoms with Crippen LogP contribution in [0.25, 0.3) is 0 Å². The zero-order valence-corrected chi connectivity index (χ0v) is 15.4. The molecule has 0 unspecified atom stereocenters. The van der Waals surface area contributed by atoms with Gasteiger partial charge in [-0.25, -0.2) is 4.39 Å². The van der Waals surface area contributed by atoms with Crippen LogP contribution >= 0.6 is 17.0 Å². The minimum atomic E-state index is -0.296. The van der Waals surface area contributed by atoms with E-state index in [0.717, 1.165) is 32.5 Å². The maximum absolute atomic E-state index is 12.9. The summed E-state index contributed by atoms with van der Waals surface area (Å²) >= 11 is 0. The molecular weight excluding hydrogens is 369 g/mol. The summed E-state index contributed by atoms with van der Waals surface area (Å²) in [5.74, 6) is 0.279. The first-order chi connectivity index (χ1) is 11.2. The molecule has 2 aromatic rings. The number of hydrogen-bond donors (Lipinski definition) is 0. The van der Waals surface area contributed by atoms with Gasteiger partial charge in [-0.3, -0.25) is 9.69 Å². The summed E-state index contributed by atoms with van der Waals surface area (Å²) in [6.07, 6.45) is 2.68. The van der Waals surface area contributed by atoms with Crippen LogP contribution in [0.3, 0.4) is 0 Å². The molecule has 128 valence electrons. The number of carbonyl (C=O) groups is 1. The highest BCUT2D eigenvalue weighted by Gasteiger charge is 2.22. The smallest absolute Gasteiger partial charge is 0.163 e. The Labute approximate surface area is 153 Å². The number of nitrogens with zero attached hydrogens (tertiary/aromatic N) is 1. The van der Waals surface area contributed by atoms with E-state index in [4.69, 9.17) is 0 Å². The minimum Gasteiger partial charge on any atom is -0.299 e. The lowest BCUT2D eigenvalue weighted by Crippen LogP contribution is -2.33. The molecule has 0 spiro atoms. The van der Waals surface area contributed by atoms with Crippen LogP contribution in [0.15, 0.2) is 54.6 Å². The van der Waals surface area contributed by atoms with Gasteiger partial charge in [0, 0.05) is 18.5 Å². The highest BCUT2D eigenvalue weighted by atomic mass is 79.9. The molecule has 1 saturated heterocycles. The topological polar surface area (TPSA) is 20.3 Å². The number of benzene rings is 2. The quantitative estimate of drug-likeness (QED) is 0.676. The molecule has 0 bridgehead atoms. The molecule has 0 saturated carbocycles. The molecule has 2 aromatic carbocycles. The Hall–Kier alpha value is -1.52. The predicted octanol–water partition coefficient (Wildman–Crippen LogP) is 4.89. The van der Waals surface area contributed by atoms with Crippen molar-refractivity contribution in [2.45, 2.75) is 25.8 Å². The molecular formula is C20H23BrFNO. The van der Waals surface area contributed by atoms with E-state index >= 15 is 0 Å². The maximum Gasteiger partial charge on any atom is 0.163 e. The minimum absolute atomic E-state index is 0. The number of Topliss-reactive ketones (excluding diaryl/α,β-unsaturated/α-hetero) is 1. The molecule has 1 aliphatic rings. The van der Waals surface area contributed by atoms with Gasteiger partial charge in [0.2, 0.25) is 0 Å². The summed E-state index contributed by atoms with van der Waals surface area (Å²) in [6, 6.07) is 16.4. The molecule has 1 aliphatic heterocycles. The summed E-state index contributed by atoms with van der Waals surface area (Å²) in [5, 5.41) is 0. The third kappa shape index (κ3) is 5.25. The summed E-state index contributed by atoms with van der Waals surface area (Å²) in [7, 11) is 0. The van der Waals surface area contributed by atoms with E-state index in [1.807, 2.05) is 6.07 Å². The first-order valence-corrected chi connectivity index (χ1v) is 8.26. The lowest BCUT2D eigenvalue weighted by atomic mass is 9.89. The van der Waals surface area contributed by atoms with Crippen molar-refractivity contribution in [3.8, 4) is 0 Å². The number of rotatable bonds is 5. The van der Waals surface area contributed by atoms with Crippen LogP contribution in [0.4, 0.5) is 4.39 Å². The second kappa shape index (κ2) is 9.09. The van der Waals surface area contributed by atoms with Crippen LogP contribution in [0.2, 0.25) is 0 Å². The average molecular weight is 392 g/mol. The summed E-state index contributed by atoms with van der Waals surface area (Å²) < 4.78 is 12.9. The zero-order chi connectivity index (χ0) is 16.1. The van der Waals surface area contributed by atoms with Crippen molar-refractivity contribution in [1.82, 2.24) is 4.90 Å². The summed E-state index contributed by atoms with van der Waals surface area (Å²) in [4.78, 5) is 14.7. The van der Waals surface area contributed by atoms with Gasteiger partial charge in [-0.1, -0.05) is 30.3 Å². The molecule has 3 rings (SSSR count). The molecule has 0 atom stereocenters. The van der Waals surface area contributed by atoms with Crippen LogP contribution in [0.5, 0.6) is 0 Å². The first kappa shape index (κ1) is 18.8. The average Bonchev–Trinajstić information content (AvgIpc) is 2.58. The Balaban J connectivity index is 0.00000208. The molecule has 2 nitrogen and oxygen atoms in total. The van der Waals surface area contributed by atoms with Gasteiger partial charge in [-0.2, -0.15) is 0 Å². The van der Waals surface area contributed by atoms with E-state index in [9.17, 15) is 9.18 Å². The van der Waals surface area contributed by atoms with Gasteiger partial charge in [-0.15, -0.1) is 17.0 Å². The van der Waals surface area contributed by atoms with Crippen molar-refractivity contribution in [3.05, 3.63) is 71.5 Å². The molecule has 0 N–H and O–H groups in total. The normalized spacial score (nSPS) is 15.7. The number of likely N-dealkylation sites (tertiary alicyclic amines) is 1. The van der Waals surface area contributed by atoms with Crippen molar-refractivity contribution in [3.63, 3.8) is 0 Å². The van der Waals surface area contributed by atoms with Gasteiger partial charge < -0.3 is 0 Å². The second-order valence-corrected chi connectivity index (χ2v) is 6.34. The Morgan fingerprint density at radius 1 is 1.00 bits per heavy atom. The second-order valence-electron chi connectivity index (χ2n) is 6.34.